The topological polar surface area (TPSA) is 97.1 Å². The van der Waals surface area contributed by atoms with E-state index in [1.54, 1.807) is 41.9 Å². The van der Waals surface area contributed by atoms with Crippen LogP contribution in [0.15, 0.2) is 84.5 Å². The van der Waals surface area contributed by atoms with E-state index in [9.17, 15) is 9.36 Å². The van der Waals surface area contributed by atoms with Gasteiger partial charge in [-0.2, -0.15) is 0 Å². The molecule has 1 atom stereocenters. The molecule has 34 heavy (non-hydrogen) atoms. The molecule has 174 valence electrons. The number of nitrogens with two attached hydrogens (primary N) is 1. The number of nitrogens with one attached hydrogen (secondary N) is 2. The van der Waals surface area contributed by atoms with Crippen molar-refractivity contribution in [2.45, 2.75) is 19.6 Å². The Kier molecular flexibility index (Phi) is 7.58. The van der Waals surface area contributed by atoms with Gasteiger partial charge in [0.15, 0.2) is 7.29 Å². The van der Waals surface area contributed by atoms with Crippen LogP contribution in [0.2, 0.25) is 0 Å². The number of amides is 1. The van der Waals surface area contributed by atoms with E-state index in [4.69, 9.17) is 5.73 Å². The number of aromatic nitrogens is 1. The van der Waals surface area contributed by atoms with Crippen LogP contribution in [-0.4, -0.2) is 17.1 Å². The van der Waals surface area contributed by atoms with Crippen LogP contribution in [0.25, 0.3) is 10.4 Å². The number of hydrogen-bond acceptors (Lipinski definition) is 5. The summed E-state index contributed by atoms with van der Waals surface area (Å²) in [6.07, 6.45) is 4.44. The molecular weight excluding hydrogens is 463 g/mol. The van der Waals surface area contributed by atoms with Gasteiger partial charge in [-0.15, -0.1) is 11.3 Å². The second-order valence-electron chi connectivity index (χ2n) is 7.99. The first kappa shape index (κ1) is 23.9. The summed E-state index contributed by atoms with van der Waals surface area (Å²) >= 11 is 1.63. The third-order valence-electron chi connectivity index (χ3n) is 5.57. The molecule has 2 aromatic carbocycles. The number of carbonyl (C=O) groups is 1. The summed E-state index contributed by atoms with van der Waals surface area (Å²) in [6, 6.07) is 20.7. The molecular formula is C26H27N4O2PS. The summed E-state index contributed by atoms with van der Waals surface area (Å²) in [5, 5.41) is 8.15. The average molecular weight is 491 g/mol. The Labute approximate surface area is 203 Å². The molecule has 0 aliphatic rings. The largest absolute Gasteiger partial charge is 0.397 e. The highest BCUT2D eigenvalue weighted by molar-refractivity contribution is 7.61. The van der Waals surface area contributed by atoms with Crippen molar-refractivity contribution in [2.24, 2.45) is 0 Å². The lowest BCUT2D eigenvalue weighted by Gasteiger charge is -2.18. The monoisotopic (exact) mass is 490 g/mol. The van der Waals surface area contributed by atoms with E-state index in [0.29, 0.717) is 35.8 Å². The number of nitrogen functional groups attached to an aromatic ring is 1. The van der Waals surface area contributed by atoms with E-state index in [1.807, 2.05) is 60.8 Å². The number of benzene rings is 2. The lowest BCUT2D eigenvalue weighted by Crippen LogP contribution is -2.14. The Balaban J connectivity index is 1.41. The van der Waals surface area contributed by atoms with E-state index < -0.39 is 7.29 Å². The van der Waals surface area contributed by atoms with Crippen molar-refractivity contribution in [1.29, 1.82) is 0 Å². The van der Waals surface area contributed by atoms with E-state index in [0.717, 1.165) is 21.6 Å². The zero-order chi connectivity index (χ0) is 24.0. The van der Waals surface area contributed by atoms with Gasteiger partial charge in [0.25, 0.3) is 5.91 Å². The molecule has 6 nitrogen and oxygen atoms in total. The summed E-state index contributed by atoms with van der Waals surface area (Å²) in [7, 11) is -2.61. The van der Waals surface area contributed by atoms with Gasteiger partial charge in [0, 0.05) is 41.7 Å². The highest BCUT2D eigenvalue weighted by atomic mass is 32.1. The minimum atomic E-state index is -2.61. The summed E-state index contributed by atoms with van der Waals surface area (Å²) in [5.41, 5.74) is 10.6. The molecule has 4 rings (SSSR count). The predicted molar refractivity (Wildman–Crippen MR) is 141 cm³/mol. The third kappa shape index (κ3) is 6.00. The minimum Gasteiger partial charge on any atom is -0.397 e. The van der Waals surface area contributed by atoms with Crippen molar-refractivity contribution in [2.75, 3.05) is 17.2 Å². The van der Waals surface area contributed by atoms with Gasteiger partial charge in [-0.3, -0.25) is 14.9 Å². The first-order valence-electron chi connectivity index (χ1n) is 11.0. The van der Waals surface area contributed by atoms with Crippen LogP contribution in [0, 0.1) is 0 Å². The summed E-state index contributed by atoms with van der Waals surface area (Å²) in [4.78, 5) is 18.0. The predicted octanol–water partition coefficient (Wildman–Crippen LogP) is 6.23. The summed E-state index contributed by atoms with van der Waals surface area (Å²) < 4.78 is 13.3. The fourth-order valence-corrected chi connectivity index (χ4v) is 6.08. The van der Waals surface area contributed by atoms with Gasteiger partial charge in [0.05, 0.1) is 11.4 Å². The maximum absolute atomic E-state index is 13.3. The van der Waals surface area contributed by atoms with Crippen LogP contribution in [0.5, 0.6) is 0 Å². The standard InChI is InChI=1S/C26H27N4O2PS/c1-2-33(32,29-17-20-5-3-13-28-16-20)18-19-7-9-21(10-8-19)26(31)30-24-15-22(11-12-23(24)27)25-6-4-14-34-25/h3-16H,2,17-18,27H2,1H3,(H,29,32)(H,30,31). The molecule has 1 unspecified atom stereocenters. The van der Waals surface area contributed by atoms with Gasteiger partial charge >= 0.3 is 0 Å². The molecule has 2 aromatic heterocycles. The van der Waals surface area contributed by atoms with Crippen molar-refractivity contribution in [3.63, 3.8) is 0 Å². The normalized spacial score (nSPS) is 12.7. The first-order valence-corrected chi connectivity index (χ1v) is 14.0. The smallest absolute Gasteiger partial charge is 0.255 e. The zero-order valence-corrected chi connectivity index (χ0v) is 20.6. The second kappa shape index (κ2) is 10.8. The van der Waals surface area contributed by atoms with E-state index in [1.165, 1.54) is 0 Å². The third-order valence-corrected chi connectivity index (χ3v) is 9.12. The summed E-state index contributed by atoms with van der Waals surface area (Å²) in [6.45, 7) is 2.43. The molecule has 0 aliphatic carbocycles. The Morgan fingerprint density at radius 1 is 1.06 bits per heavy atom. The lowest BCUT2D eigenvalue weighted by molar-refractivity contribution is 0.102. The molecule has 0 radical (unpaired) electrons. The number of anilines is 2. The molecule has 4 aromatic rings. The van der Waals surface area contributed by atoms with Crippen molar-refractivity contribution in [1.82, 2.24) is 10.1 Å². The molecule has 4 N–H and O–H groups in total. The quantitative estimate of drug-likeness (QED) is 0.191. The number of hydrogen-bond donors (Lipinski definition) is 3. The number of pyridine rings is 1. The van der Waals surface area contributed by atoms with E-state index in [2.05, 4.69) is 15.4 Å². The van der Waals surface area contributed by atoms with Gasteiger partial charge in [-0.1, -0.05) is 37.3 Å². The van der Waals surface area contributed by atoms with Crippen LogP contribution in [0.1, 0.15) is 28.4 Å². The van der Waals surface area contributed by atoms with Crippen molar-refractivity contribution in [3.05, 3.63) is 101 Å². The van der Waals surface area contributed by atoms with Crippen LogP contribution in [0.4, 0.5) is 11.4 Å². The molecule has 0 spiro atoms. The van der Waals surface area contributed by atoms with Crippen molar-refractivity contribution >= 4 is 35.9 Å². The number of thiophene rings is 1. The Hall–Kier alpha value is -3.25. The number of rotatable bonds is 9. The van der Waals surface area contributed by atoms with Gasteiger partial charge in [0.1, 0.15) is 0 Å². The average Bonchev–Trinajstić information content (AvgIpc) is 3.40. The fraction of sp³-hybridized carbons (Fsp3) is 0.154. The summed E-state index contributed by atoms with van der Waals surface area (Å²) in [5.74, 6) is -0.241. The van der Waals surface area contributed by atoms with Gasteiger partial charge in [-0.25, -0.2) is 0 Å². The van der Waals surface area contributed by atoms with Crippen LogP contribution >= 0.6 is 18.6 Å². The Morgan fingerprint density at radius 3 is 2.56 bits per heavy atom. The Morgan fingerprint density at radius 2 is 1.88 bits per heavy atom. The molecule has 0 saturated heterocycles. The molecule has 0 fully saturated rings. The first-order chi connectivity index (χ1) is 16.5. The van der Waals surface area contributed by atoms with Crippen LogP contribution in [-0.2, 0) is 17.3 Å². The van der Waals surface area contributed by atoms with Crippen LogP contribution < -0.4 is 16.1 Å². The minimum absolute atomic E-state index is 0.241. The molecule has 0 bridgehead atoms. The highest BCUT2D eigenvalue weighted by Crippen LogP contribution is 2.44. The van der Waals surface area contributed by atoms with E-state index >= 15 is 0 Å². The van der Waals surface area contributed by atoms with Crippen molar-refractivity contribution in [3.8, 4) is 10.4 Å². The van der Waals surface area contributed by atoms with Gasteiger partial charge in [-0.05, 0) is 58.5 Å². The highest BCUT2D eigenvalue weighted by Gasteiger charge is 2.20. The maximum atomic E-state index is 13.3. The number of carbonyl (C=O) groups excluding carboxylic acids is 1. The Bertz CT molecular complexity index is 1290. The number of nitrogens with zero attached hydrogens (tertiary/aromatic N) is 1. The maximum Gasteiger partial charge on any atom is 0.255 e. The second-order valence-corrected chi connectivity index (χ2v) is 12.0. The van der Waals surface area contributed by atoms with Crippen molar-refractivity contribution < 1.29 is 9.36 Å². The van der Waals surface area contributed by atoms with Crippen LogP contribution in [0.3, 0.4) is 0 Å². The fourth-order valence-electron chi connectivity index (χ4n) is 3.53. The molecule has 2 heterocycles. The molecule has 0 saturated carbocycles. The van der Waals surface area contributed by atoms with Gasteiger partial charge < -0.3 is 15.6 Å². The molecule has 0 aliphatic heterocycles. The van der Waals surface area contributed by atoms with Gasteiger partial charge in [0.2, 0.25) is 0 Å². The molecule has 1 amide bonds. The zero-order valence-electron chi connectivity index (χ0n) is 18.9. The SMILES string of the molecule is CCP(=O)(Cc1ccc(C(=O)Nc2cc(-c3cccs3)ccc2N)cc1)NCc1cccnc1. The molecule has 8 heteroatoms. The lowest BCUT2D eigenvalue weighted by atomic mass is 10.1. The van der Waals surface area contributed by atoms with E-state index in [-0.39, 0.29) is 5.91 Å².